The molecule has 1 saturated heterocycles. The molecule has 3 rings (SSSR count). The van der Waals surface area contributed by atoms with E-state index < -0.39 is 0 Å². The van der Waals surface area contributed by atoms with E-state index in [2.05, 4.69) is 50.6 Å². The maximum Gasteiger partial charge on any atom is 0.243 e. The Bertz CT molecular complexity index is 906. The summed E-state index contributed by atoms with van der Waals surface area (Å²) in [5.41, 5.74) is 9.66. The molecule has 2 amide bonds. The number of allylic oxidation sites excluding steroid dienone is 2. The van der Waals surface area contributed by atoms with Crippen LogP contribution in [0.2, 0.25) is 0 Å². The first-order valence-corrected chi connectivity index (χ1v) is 16.7. The van der Waals surface area contributed by atoms with Gasteiger partial charge in [0, 0.05) is 32.6 Å². The molecule has 256 valence electrons. The molecule has 7 heteroatoms. The van der Waals surface area contributed by atoms with Gasteiger partial charge < -0.3 is 26.4 Å². The average molecular weight is 619 g/mol. The SMILES string of the molecule is C/C=C/C(=O)NC(C)CC1CC[C@]1(C)C(C)C.C/C=C\NC.CC.CC.COc1ccc(CN)c(C)c1C.O=C1CCCN1. The summed E-state index contributed by atoms with van der Waals surface area (Å²) in [4.78, 5) is 21.6. The summed E-state index contributed by atoms with van der Waals surface area (Å²) in [5, 5.41) is 8.55. The molecule has 2 fully saturated rings. The number of methoxy groups -OCH3 is 1. The molecule has 0 aromatic heterocycles. The molecule has 1 aromatic rings. The zero-order valence-electron chi connectivity index (χ0n) is 30.9. The lowest BCUT2D eigenvalue weighted by atomic mass is 9.54. The van der Waals surface area contributed by atoms with Gasteiger partial charge in [-0.05, 0) is 113 Å². The van der Waals surface area contributed by atoms with E-state index in [0.29, 0.717) is 12.0 Å². The van der Waals surface area contributed by atoms with Gasteiger partial charge in [-0.2, -0.15) is 0 Å². The molecule has 2 unspecified atom stereocenters. The zero-order valence-corrected chi connectivity index (χ0v) is 30.9. The van der Waals surface area contributed by atoms with Crippen molar-refractivity contribution in [3.63, 3.8) is 0 Å². The van der Waals surface area contributed by atoms with Gasteiger partial charge in [0.1, 0.15) is 5.75 Å². The normalized spacial score (nSPS) is 18.6. The Kier molecular flexibility index (Phi) is 28.8. The number of carbonyl (C=O) groups is 2. The maximum atomic E-state index is 11.4. The molecule has 0 spiro atoms. The van der Waals surface area contributed by atoms with E-state index in [4.69, 9.17) is 10.5 Å². The number of hydrogen-bond donors (Lipinski definition) is 4. The second kappa shape index (κ2) is 27.7. The van der Waals surface area contributed by atoms with Gasteiger partial charge in [0.15, 0.2) is 0 Å². The van der Waals surface area contributed by atoms with Crippen LogP contribution in [0.1, 0.15) is 118 Å². The second-order valence-corrected chi connectivity index (χ2v) is 11.2. The standard InChI is InChI=1S/C15H27NO.C10H15NO.C4H7NO.C4H9N.2C2H6/c1-6-7-14(17)16-12(4)10-13-8-9-15(13,5)11(2)3;1-7-8(2)10(12-3)5-4-9(7)6-11;6-4-2-1-3-5-4;1-3-4-5-2;2*1-2/h6-7,11-13H,8-10H2,1-5H3,(H,16,17);4-5H,6,11H2,1-3H3;1-3H2,(H,5,6);3-5H,1-2H3;2*1-2H3/b7-6+;;;4-3-;;/t12?,13?,15-;;;;;/m1...../s1. The lowest BCUT2D eigenvalue weighted by Gasteiger charge is -2.51. The highest BCUT2D eigenvalue weighted by molar-refractivity contribution is 5.87. The minimum absolute atomic E-state index is 0.0329. The summed E-state index contributed by atoms with van der Waals surface area (Å²) in [6.45, 7) is 26.6. The molecule has 1 heterocycles. The summed E-state index contributed by atoms with van der Waals surface area (Å²) < 4.78 is 5.18. The van der Waals surface area contributed by atoms with E-state index in [-0.39, 0.29) is 17.9 Å². The van der Waals surface area contributed by atoms with Crippen molar-refractivity contribution in [2.75, 3.05) is 20.7 Å². The van der Waals surface area contributed by atoms with Crippen LogP contribution in [0.15, 0.2) is 36.6 Å². The summed E-state index contributed by atoms with van der Waals surface area (Å²) in [5.74, 6) is 2.67. The van der Waals surface area contributed by atoms with Crippen LogP contribution >= 0.6 is 0 Å². The lowest BCUT2D eigenvalue weighted by molar-refractivity contribution is -0.119. The molecule has 1 aliphatic carbocycles. The van der Waals surface area contributed by atoms with Crippen molar-refractivity contribution in [3.8, 4) is 5.75 Å². The highest BCUT2D eigenvalue weighted by Crippen LogP contribution is 2.53. The van der Waals surface area contributed by atoms with Gasteiger partial charge >= 0.3 is 0 Å². The summed E-state index contributed by atoms with van der Waals surface area (Å²) >= 11 is 0. The van der Waals surface area contributed by atoms with Gasteiger partial charge in [-0.25, -0.2) is 0 Å². The first-order chi connectivity index (χ1) is 20.9. The van der Waals surface area contributed by atoms with E-state index in [0.717, 1.165) is 43.4 Å². The summed E-state index contributed by atoms with van der Waals surface area (Å²) in [7, 11) is 3.56. The van der Waals surface area contributed by atoms with E-state index in [1.165, 1.54) is 29.5 Å². The monoisotopic (exact) mass is 619 g/mol. The van der Waals surface area contributed by atoms with Crippen molar-refractivity contribution in [1.29, 1.82) is 0 Å². The number of nitrogens with one attached hydrogen (secondary N) is 3. The van der Waals surface area contributed by atoms with Crippen LogP contribution < -0.4 is 26.4 Å². The van der Waals surface area contributed by atoms with Gasteiger partial charge in [-0.3, -0.25) is 9.59 Å². The largest absolute Gasteiger partial charge is 0.496 e. The number of benzene rings is 1. The van der Waals surface area contributed by atoms with Crippen molar-refractivity contribution in [3.05, 3.63) is 53.3 Å². The third-order valence-electron chi connectivity index (χ3n) is 8.15. The molecular formula is C37H70N4O3. The Morgan fingerprint density at radius 1 is 1.11 bits per heavy atom. The van der Waals surface area contributed by atoms with E-state index in [1.54, 1.807) is 19.3 Å². The van der Waals surface area contributed by atoms with Gasteiger partial charge in [-0.15, -0.1) is 0 Å². The number of amides is 2. The van der Waals surface area contributed by atoms with Gasteiger partial charge in [-0.1, -0.05) is 66.7 Å². The first-order valence-electron chi connectivity index (χ1n) is 16.7. The molecule has 1 saturated carbocycles. The molecule has 44 heavy (non-hydrogen) atoms. The number of carbonyl (C=O) groups excluding carboxylic acids is 2. The van der Waals surface area contributed by atoms with Crippen molar-refractivity contribution in [1.82, 2.24) is 16.0 Å². The van der Waals surface area contributed by atoms with Crippen LogP contribution in [0.4, 0.5) is 0 Å². The predicted octanol–water partition coefficient (Wildman–Crippen LogP) is 7.99. The molecule has 5 N–H and O–H groups in total. The number of nitrogens with two attached hydrogens (primary N) is 1. The third-order valence-corrected chi connectivity index (χ3v) is 8.15. The van der Waals surface area contributed by atoms with Gasteiger partial charge in [0.2, 0.25) is 11.8 Å². The predicted molar refractivity (Wildman–Crippen MR) is 192 cm³/mol. The molecule has 2 aliphatic rings. The van der Waals surface area contributed by atoms with Crippen LogP contribution in [0.5, 0.6) is 5.75 Å². The van der Waals surface area contributed by atoms with Crippen molar-refractivity contribution >= 4 is 11.8 Å². The van der Waals surface area contributed by atoms with E-state index in [1.807, 2.05) is 79.9 Å². The Balaban J connectivity index is -0.000000538. The van der Waals surface area contributed by atoms with E-state index in [9.17, 15) is 9.59 Å². The third kappa shape index (κ3) is 18.1. The summed E-state index contributed by atoms with van der Waals surface area (Å²) in [6.07, 6.45) is 12.7. The Hall–Kier alpha value is -2.80. The van der Waals surface area contributed by atoms with Crippen molar-refractivity contribution < 1.29 is 14.3 Å². The molecule has 1 aliphatic heterocycles. The smallest absolute Gasteiger partial charge is 0.243 e. The number of hydrogen-bond acceptors (Lipinski definition) is 5. The van der Waals surface area contributed by atoms with Crippen LogP contribution in [-0.2, 0) is 16.1 Å². The van der Waals surface area contributed by atoms with Crippen molar-refractivity contribution in [2.45, 2.75) is 128 Å². The summed E-state index contributed by atoms with van der Waals surface area (Å²) in [6, 6.07) is 4.26. The topological polar surface area (TPSA) is 105 Å². The highest BCUT2D eigenvalue weighted by atomic mass is 16.5. The highest BCUT2D eigenvalue weighted by Gasteiger charge is 2.44. The number of rotatable bonds is 8. The lowest BCUT2D eigenvalue weighted by Crippen LogP contribution is -2.45. The Morgan fingerprint density at radius 2 is 1.73 bits per heavy atom. The van der Waals surface area contributed by atoms with Crippen LogP contribution in [0, 0.1) is 31.1 Å². The molecule has 3 atom stereocenters. The molecule has 1 aromatic carbocycles. The molecule has 0 bridgehead atoms. The fourth-order valence-electron chi connectivity index (χ4n) is 4.90. The van der Waals surface area contributed by atoms with Crippen LogP contribution in [0.25, 0.3) is 0 Å². The van der Waals surface area contributed by atoms with Crippen LogP contribution in [-0.4, -0.2) is 38.6 Å². The first kappa shape index (κ1) is 45.6. The Labute approximate surface area is 272 Å². The minimum atomic E-state index is 0.0329. The fourth-order valence-corrected chi connectivity index (χ4v) is 4.90. The quantitative estimate of drug-likeness (QED) is 0.221. The molecule has 7 nitrogen and oxygen atoms in total. The van der Waals surface area contributed by atoms with Crippen LogP contribution in [0.3, 0.4) is 0 Å². The van der Waals surface area contributed by atoms with Gasteiger partial charge in [0.05, 0.1) is 7.11 Å². The minimum Gasteiger partial charge on any atom is -0.496 e. The fraction of sp³-hybridized carbons (Fsp3) is 0.676. The molecular weight excluding hydrogens is 548 g/mol. The maximum absolute atomic E-state index is 11.4. The van der Waals surface area contributed by atoms with Gasteiger partial charge in [0.25, 0.3) is 0 Å². The van der Waals surface area contributed by atoms with E-state index >= 15 is 0 Å². The van der Waals surface area contributed by atoms with Crippen molar-refractivity contribution in [2.24, 2.45) is 23.0 Å². The second-order valence-electron chi connectivity index (χ2n) is 11.2. The Morgan fingerprint density at radius 3 is 2.05 bits per heavy atom. The molecule has 0 radical (unpaired) electrons. The average Bonchev–Trinajstić information content (AvgIpc) is 3.50. The number of ether oxygens (including phenoxy) is 1. The zero-order chi connectivity index (χ0) is 34.7.